The average Bonchev–Trinajstić information content (AvgIpc) is 2.83. The summed E-state index contributed by atoms with van der Waals surface area (Å²) in [5.41, 5.74) is 0.184. The molecule has 1 fully saturated rings. The van der Waals surface area contributed by atoms with E-state index in [1.54, 1.807) is 25.1 Å². The fraction of sp³-hybridized carbons (Fsp3) is 0.429. The van der Waals surface area contributed by atoms with E-state index in [9.17, 15) is 9.59 Å². The molecule has 33 heavy (non-hydrogen) atoms. The van der Waals surface area contributed by atoms with Crippen molar-refractivity contribution in [1.29, 1.82) is 0 Å². The number of para-hydroxylation sites is 1. The van der Waals surface area contributed by atoms with Crippen LogP contribution in [0.5, 0.6) is 5.75 Å². The number of hydrogen-bond donors (Lipinski definition) is 1. The van der Waals surface area contributed by atoms with Gasteiger partial charge in [-0.1, -0.05) is 62.4 Å². The second kappa shape index (κ2) is 10.8. The van der Waals surface area contributed by atoms with E-state index in [0.717, 1.165) is 18.5 Å². The Kier molecular flexibility index (Phi) is 8.09. The predicted octanol–water partition coefficient (Wildman–Crippen LogP) is 5.16. The molecule has 0 amide bonds. The van der Waals surface area contributed by atoms with Crippen LogP contribution in [0.4, 0.5) is 0 Å². The van der Waals surface area contributed by atoms with E-state index in [4.69, 9.17) is 9.47 Å². The van der Waals surface area contributed by atoms with Gasteiger partial charge in [0.15, 0.2) is 5.78 Å². The average molecular weight is 450 g/mol. The van der Waals surface area contributed by atoms with Gasteiger partial charge in [0, 0.05) is 18.4 Å². The van der Waals surface area contributed by atoms with Crippen LogP contribution in [0.2, 0.25) is 0 Å². The SMILES string of the molecule is COC(=O)C(C)(CC1(C(=O)C=Cc2ccc(C(C)C)cc2)CCCNC1)Oc1ccccc1. The minimum atomic E-state index is -1.29. The van der Waals surface area contributed by atoms with E-state index in [2.05, 4.69) is 31.3 Å². The second-order valence-electron chi connectivity index (χ2n) is 9.39. The topological polar surface area (TPSA) is 64.6 Å². The number of piperidine rings is 1. The van der Waals surface area contributed by atoms with Gasteiger partial charge in [-0.15, -0.1) is 0 Å². The normalized spacial score (nSPS) is 20.4. The Morgan fingerprint density at radius 1 is 1.12 bits per heavy atom. The number of ketones is 1. The van der Waals surface area contributed by atoms with Gasteiger partial charge in [-0.05, 0) is 61.6 Å². The number of methoxy groups -OCH3 is 1. The van der Waals surface area contributed by atoms with Crippen LogP contribution in [0.1, 0.15) is 57.1 Å². The number of ether oxygens (including phenoxy) is 2. The van der Waals surface area contributed by atoms with Crippen molar-refractivity contribution >= 4 is 17.8 Å². The van der Waals surface area contributed by atoms with Crippen molar-refractivity contribution in [2.45, 2.75) is 51.6 Å². The van der Waals surface area contributed by atoms with Gasteiger partial charge in [-0.25, -0.2) is 4.79 Å². The highest BCUT2D eigenvalue weighted by Crippen LogP contribution is 2.39. The standard InChI is InChI=1S/C28H35NO4/c1-21(2)23-14-11-22(12-15-23)13-16-25(30)28(17-8-18-29-20-28)19-27(3,26(31)32-4)33-24-9-6-5-7-10-24/h5-7,9-16,21,29H,8,17-20H2,1-4H3. The van der Waals surface area contributed by atoms with Crippen molar-refractivity contribution < 1.29 is 19.1 Å². The molecule has 0 aliphatic carbocycles. The number of allylic oxidation sites excluding steroid dienone is 1. The molecule has 5 nitrogen and oxygen atoms in total. The molecule has 2 unspecified atom stereocenters. The third kappa shape index (κ3) is 6.11. The molecule has 3 rings (SSSR count). The van der Waals surface area contributed by atoms with Crippen LogP contribution < -0.4 is 10.1 Å². The lowest BCUT2D eigenvalue weighted by molar-refractivity contribution is -0.162. The molecule has 5 heteroatoms. The second-order valence-corrected chi connectivity index (χ2v) is 9.39. The molecule has 2 aromatic rings. The first-order valence-electron chi connectivity index (χ1n) is 11.6. The molecule has 0 spiro atoms. The van der Waals surface area contributed by atoms with Gasteiger partial charge in [0.2, 0.25) is 5.60 Å². The largest absolute Gasteiger partial charge is 0.476 e. The van der Waals surface area contributed by atoms with E-state index in [1.165, 1.54) is 12.7 Å². The zero-order valence-corrected chi connectivity index (χ0v) is 20.1. The lowest BCUT2D eigenvalue weighted by Crippen LogP contribution is -2.54. The number of rotatable bonds is 9. The van der Waals surface area contributed by atoms with Crippen LogP contribution >= 0.6 is 0 Å². The molecule has 176 valence electrons. The third-order valence-electron chi connectivity index (χ3n) is 6.40. The highest BCUT2D eigenvalue weighted by Gasteiger charge is 2.49. The lowest BCUT2D eigenvalue weighted by Gasteiger charge is -2.41. The molecule has 1 heterocycles. The molecule has 0 radical (unpaired) electrons. The van der Waals surface area contributed by atoms with E-state index in [-0.39, 0.29) is 12.2 Å². The zero-order valence-electron chi connectivity index (χ0n) is 20.1. The quantitative estimate of drug-likeness (QED) is 0.423. The number of carbonyl (C=O) groups excluding carboxylic acids is 2. The maximum atomic E-state index is 13.6. The molecule has 1 aliphatic rings. The molecule has 0 bridgehead atoms. The summed E-state index contributed by atoms with van der Waals surface area (Å²) in [7, 11) is 1.35. The summed E-state index contributed by atoms with van der Waals surface area (Å²) in [6, 6.07) is 17.4. The smallest absolute Gasteiger partial charge is 0.349 e. The molecule has 1 aliphatic heterocycles. The molecule has 2 aromatic carbocycles. The molecular formula is C28H35NO4. The third-order valence-corrected chi connectivity index (χ3v) is 6.40. The molecule has 1 N–H and O–H groups in total. The summed E-state index contributed by atoms with van der Waals surface area (Å²) in [4.78, 5) is 26.4. The number of benzene rings is 2. The molecule has 2 atom stereocenters. The van der Waals surface area contributed by atoms with Crippen LogP contribution in [0.3, 0.4) is 0 Å². The Morgan fingerprint density at radius 3 is 2.39 bits per heavy atom. The Hall–Kier alpha value is -2.92. The van der Waals surface area contributed by atoms with Gasteiger partial charge in [-0.3, -0.25) is 4.79 Å². The molecule has 1 saturated heterocycles. The van der Waals surface area contributed by atoms with E-state index in [0.29, 0.717) is 24.6 Å². The van der Waals surface area contributed by atoms with Gasteiger partial charge in [0.25, 0.3) is 0 Å². The van der Waals surface area contributed by atoms with E-state index >= 15 is 0 Å². The van der Waals surface area contributed by atoms with Crippen molar-refractivity contribution in [3.8, 4) is 5.75 Å². The predicted molar refractivity (Wildman–Crippen MR) is 131 cm³/mol. The highest BCUT2D eigenvalue weighted by atomic mass is 16.6. The molecule has 0 aromatic heterocycles. The number of esters is 1. The minimum absolute atomic E-state index is 0.00516. The van der Waals surface area contributed by atoms with E-state index in [1.807, 2.05) is 36.4 Å². The van der Waals surface area contributed by atoms with Crippen LogP contribution in [0.25, 0.3) is 6.08 Å². The Bertz CT molecular complexity index is 959. The summed E-state index contributed by atoms with van der Waals surface area (Å²) in [6.07, 6.45) is 5.27. The number of carbonyl (C=O) groups is 2. The monoisotopic (exact) mass is 449 g/mol. The lowest BCUT2D eigenvalue weighted by atomic mass is 9.69. The van der Waals surface area contributed by atoms with Crippen molar-refractivity contribution in [1.82, 2.24) is 5.32 Å². The van der Waals surface area contributed by atoms with Crippen LogP contribution in [-0.4, -0.2) is 37.6 Å². The van der Waals surface area contributed by atoms with E-state index < -0.39 is 17.0 Å². The van der Waals surface area contributed by atoms with Gasteiger partial charge < -0.3 is 14.8 Å². The van der Waals surface area contributed by atoms with Gasteiger partial charge in [0.1, 0.15) is 5.75 Å². The summed E-state index contributed by atoms with van der Waals surface area (Å²) >= 11 is 0. The minimum Gasteiger partial charge on any atom is -0.476 e. The van der Waals surface area contributed by atoms with Gasteiger partial charge >= 0.3 is 5.97 Å². The first-order valence-corrected chi connectivity index (χ1v) is 11.6. The van der Waals surface area contributed by atoms with Crippen molar-refractivity contribution in [3.05, 3.63) is 71.8 Å². The fourth-order valence-corrected chi connectivity index (χ4v) is 4.52. The summed E-state index contributed by atoms with van der Waals surface area (Å²) in [5.74, 6) is 0.534. The summed E-state index contributed by atoms with van der Waals surface area (Å²) < 4.78 is 11.3. The summed E-state index contributed by atoms with van der Waals surface area (Å²) in [5, 5.41) is 3.36. The molecular weight excluding hydrogens is 414 g/mol. The first-order chi connectivity index (χ1) is 15.8. The Labute approximate surface area is 197 Å². The van der Waals surface area contributed by atoms with Crippen molar-refractivity contribution in [2.75, 3.05) is 20.2 Å². The fourth-order valence-electron chi connectivity index (χ4n) is 4.52. The van der Waals surface area contributed by atoms with Gasteiger partial charge in [-0.2, -0.15) is 0 Å². The Balaban J connectivity index is 1.86. The maximum absolute atomic E-state index is 13.6. The highest BCUT2D eigenvalue weighted by molar-refractivity contribution is 5.99. The van der Waals surface area contributed by atoms with Crippen LogP contribution in [0, 0.1) is 5.41 Å². The van der Waals surface area contributed by atoms with Gasteiger partial charge in [0.05, 0.1) is 7.11 Å². The van der Waals surface area contributed by atoms with Crippen LogP contribution in [0.15, 0.2) is 60.7 Å². The molecule has 0 saturated carbocycles. The Morgan fingerprint density at radius 2 is 1.82 bits per heavy atom. The zero-order chi connectivity index (χ0) is 23.9. The number of hydrogen-bond acceptors (Lipinski definition) is 5. The van der Waals surface area contributed by atoms with Crippen LogP contribution in [-0.2, 0) is 14.3 Å². The van der Waals surface area contributed by atoms with Crippen molar-refractivity contribution in [2.24, 2.45) is 5.41 Å². The van der Waals surface area contributed by atoms with Crippen molar-refractivity contribution in [3.63, 3.8) is 0 Å². The summed E-state index contributed by atoms with van der Waals surface area (Å²) in [6.45, 7) is 7.37. The number of nitrogens with one attached hydrogen (secondary N) is 1. The first kappa shape index (κ1) is 24.7. The maximum Gasteiger partial charge on any atom is 0.349 e.